The van der Waals surface area contributed by atoms with E-state index in [9.17, 15) is 9.18 Å². The lowest BCUT2D eigenvalue weighted by Gasteiger charge is -2.12. The highest BCUT2D eigenvalue weighted by Crippen LogP contribution is 2.34. The molecule has 2 aromatic carbocycles. The Kier molecular flexibility index (Phi) is 6.81. The van der Waals surface area contributed by atoms with Gasteiger partial charge in [0.15, 0.2) is 0 Å². The molecule has 0 spiro atoms. The first-order valence-electron chi connectivity index (χ1n) is 10.4. The summed E-state index contributed by atoms with van der Waals surface area (Å²) < 4.78 is 22.2. The summed E-state index contributed by atoms with van der Waals surface area (Å²) in [5, 5.41) is 0. The van der Waals surface area contributed by atoms with Crippen molar-refractivity contribution < 1.29 is 13.9 Å². The molecule has 1 saturated heterocycles. The van der Waals surface area contributed by atoms with Crippen molar-refractivity contribution in [3.05, 3.63) is 100 Å². The van der Waals surface area contributed by atoms with Gasteiger partial charge in [-0.2, -0.15) is 0 Å². The summed E-state index contributed by atoms with van der Waals surface area (Å²) in [5.41, 5.74) is 4.51. The second kappa shape index (κ2) is 9.77. The van der Waals surface area contributed by atoms with Crippen LogP contribution in [0.2, 0.25) is 0 Å². The fourth-order valence-corrected chi connectivity index (χ4v) is 4.99. The quantitative estimate of drug-likeness (QED) is 0.230. The fraction of sp³-hybridized carbons (Fsp3) is 0.154. The number of hydrogen-bond acceptors (Lipinski definition) is 4. The summed E-state index contributed by atoms with van der Waals surface area (Å²) >= 11 is 6.64. The number of ether oxygens (including phenoxy) is 1. The number of benzene rings is 2. The highest BCUT2D eigenvalue weighted by molar-refractivity contribution is 8.26. The molecule has 1 fully saturated rings. The van der Waals surface area contributed by atoms with Crippen LogP contribution in [-0.2, 0) is 11.4 Å². The molecular formula is C26H23FN2O2S2. The first kappa shape index (κ1) is 23.0. The van der Waals surface area contributed by atoms with E-state index < -0.39 is 0 Å². The van der Waals surface area contributed by atoms with Crippen LogP contribution in [0.4, 0.5) is 4.39 Å². The summed E-state index contributed by atoms with van der Waals surface area (Å²) in [4.78, 5) is 14.8. The summed E-state index contributed by atoms with van der Waals surface area (Å²) in [7, 11) is 0. The molecule has 0 N–H and O–H groups in total. The molecule has 33 heavy (non-hydrogen) atoms. The maximum absolute atomic E-state index is 13.8. The molecule has 168 valence electrons. The maximum atomic E-state index is 13.8. The van der Waals surface area contributed by atoms with Gasteiger partial charge < -0.3 is 9.30 Å². The number of rotatable bonds is 7. The van der Waals surface area contributed by atoms with Crippen molar-refractivity contribution >= 4 is 40.3 Å². The molecule has 1 amide bonds. The molecule has 0 aliphatic carbocycles. The van der Waals surface area contributed by atoms with E-state index in [-0.39, 0.29) is 18.3 Å². The van der Waals surface area contributed by atoms with E-state index in [4.69, 9.17) is 17.0 Å². The van der Waals surface area contributed by atoms with Gasteiger partial charge in [0.05, 0.1) is 4.91 Å². The Morgan fingerprint density at radius 3 is 2.58 bits per heavy atom. The molecule has 0 bridgehead atoms. The van der Waals surface area contributed by atoms with Gasteiger partial charge in [-0.05, 0) is 61.9 Å². The Balaban J connectivity index is 1.53. The van der Waals surface area contributed by atoms with Gasteiger partial charge in [0.2, 0.25) is 0 Å². The van der Waals surface area contributed by atoms with Crippen molar-refractivity contribution in [2.75, 3.05) is 6.54 Å². The van der Waals surface area contributed by atoms with Crippen LogP contribution in [0.1, 0.15) is 22.5 Å². The Morgan fingerprint density at radius 1 is 1.15 bits per heavy atom. The molecule has 0 unspecified atom stereocenters. The van der Waals surface area contributed by atoms with Crippen LogP contribution in [-0.4, -0.2) is 26.2 Å². The number of nitrogens with zero attached hydrogens (tertiary/aromatic N) is 2. The van der Waals surface area contributed by atoms with Crippen LogP contribution in [0.5, 0.6) is 5.75 Å². The first-order chi connectivity index (χ1) is 15.9. The van der Waals surface area contributed by atoms with Crippen LogP contribution in [0.25, 0.3) is 11.8 Å². The van der Waals surface area contributed by atoms with Crippen molar-refractivity contribution in [2.24, 2.45) is 0 Å². The van der Waals surface area contributed by atoms with Crippen LogP contribution in [0, 0.1) is 19.7 Å². The van der Waals surface area contributed by atoms with Crippen molar-refractivity contribution in [1.29, 1.82) is 0 Å². The predicted molar refractivity (Wildman–Crippen MR) is 136 cm³/mol. The van der Waals surface area contributed by atoms with E-state index >= 15 is 0 Å². The van der Waals surface area contributed by atoms with Gasteiger partial charge in [0, 0.05) is 29.2 Å². The van der Waals surface area contributed by atoms with Crippen LogP contribution in [0.3, 0.4) is 0 Å². The van der Waals surface area contributed by atoms with Gasteiger partial charge in [0.25, 0.3) is 5.91 Å². The van der Waals surface area contributed by atoms with E-state index in [1.807, 2.05) is 44.2 Å². The van der Waals surface area contributed by atoms with Crippen molar-refractivity contribution in [2.45, 2.75) is 20.5 Å². The summed E-state index contributed by atoms with van der Waals surface area (Å²) in [6.45, 7) is 8.31. The zero-order valence-corrected chi connectivity index (χ0v) is 20.0. The van der Waals surface area contributed by atoms with Crippen LogP contribution >= 0.6 is 24.0 Å². The standard InChI is InChI=1S/C26H23FN2O2S2/c1-4-13-28-25(30)24(33-26(28)32)15-20-14-17(2)29(18(20)3)21-9-11-22(12-10-21)31-16-19-7-5-6-8-23(19)27/h4-12,14-15H,1,13,16H2,2-3H3/b24-15-. The molecular weight excluding hydrogens is 455 g/mol. The van der Waals surface area contributed by atoms with Gasteiger partial charge in [0.1, 0.15) is 22.5 Å². The first-order valence-corrected chi connectivity index (χ1v) is 11.6. The van der Waals surface area contributed by atoms with Crippen LogP contribution in [0.15, 0.2) is 72.2 Å². The molecule has 3 aromatic rings. The van der Waals surface area contributed by atoms with Gasteiger partial charge in [-0.25, -0.2) is 4.39 Å². The smallest absolute Gasteiger partial charge is 0.266 e. The lowest BCUT2D eigenvalue weighted by Crippen LogP contribution is -2.27. The van der Waals surface area contributed by atoms with E-state index in [1.165, 1.54) is 17.8 Å². The number of carbonyl (C=O) groups is 1. The molecule has 1 aliphatic rings. The maximum Gasteiger partial charge on any atom is 0.266 e. The normalized spacial score (nSPS) is 14.9. The largest absolute Gasteiger partial charge is 0.489 e. The van der Waals surface area contributed by atoms with E-state index in [2.05, 4.69) is 17.2 Å². The number of aromatic nitrogens is 1. The van der Waals surface area contributed by atoms with E-state index in [1.54, 1.807) is 29.2 Å². The van der Waals surface area contributed by atoms with Gasteiger partial charge in [-0.3, -0.25) is 9.69 Å². The highest BCUT2D eigenvalue weighted by atomic mass is 32.2. The second-order valence-corrected chi connectivity index (χ2v) is 9.29. The Labute approximate surface area is 202 Å². The molecule has 2 heterocycles. The second-order valence-electron chi connectivity index (χ2n) is 7.62. The molecule has 1 aromatic heterocycles. The molecule has 7 heteroatoms. The minimum atomic E-state index is -0.276. The van der Waals surface area contributed by atoms with Gasteiger partial charge in [-0.15, -0.1) is 6.58 Å². The number of hydrogen-bond donors (Lipinski definition) is 0. The van der Waals surface area contributed by atoms with Crippen molar-refractivity contribution in [1.82, 2.24) is 9.47 Å². The minimum absolute atomic E-state index is 0.0916. The predicted octanol–water partition coefficient (Wildman–Crippen LogP) is 6.20. The van der Waals surface area contributed by atoms with Gasteiger partial charge in [-0.1, -0.05) is 48.3 Å². The highest BCUT2D eigenvalue weighted by Gasteiger charge is 2.31. The van der Waals surface area contributed by atoms with E-state index in [0.717, 1.165) is 22.6 Å². The molecule has 1 aliphatic heterocycles. The molecule has 0 saturated carbocycles. The number of amides is 1. The lowest BCUT2D eigenvalue weighted by molar-refractivity contribution is -0.121. The number of carbonyl (C=O) groups excluding carboxylic acids is 1. The third-order valence-electron chi connectivity index (χ3n) is 5.39. The molecule has 0 atom stereocenters. The number of thioether (sulfide) groups is 1. The third kappa shape index (κ3) is 4.79. The summed E-state index contributed by atoms with van der Waals surface area (Å²) in [6.07, 6.45) is 3.57. The SMILES string of the molecule is C=CCN1C(=O)/C(=C/c2cc(C)n(-c3ccc(OCc4ccccc4F)cc3)c2C)SC1=S. The number of halogens is 1. The molecule has 4 rings (SSSR count). The number of thiocarbonyl (C=S) groups is 1. The van der Waals surface area contributed by atoms with Crippen molar-refractivity contribution in [3.63, 3.8) is 0 Å². The topological polar surface area (TPSA) is 34.5 Å². The average Bonchev–Trinajstić information content (AvgIpc) is 3.23. The summed E-state index contributed by atoms with van der Waals surface area (Å²) in [5.74, 6) is 0.295. The lowest BCUT2D eigenvalue weighted by atomic mass is 10.2. The molecule has 4 nitrogen and oxygen atoms in total. The van der Waals surface area contributed by atoms with Crippen LogP contribution < -0.4 is 4.74 Å². The monoisotopic (exact) mass is 478 g/mol. The molecule has 0 radical (unpaired) electrons. The Morgan fingerprint density at radius 2 is 1.88 bits per heavy atom. The zero-order chi connectivity index (χ0) is 23.5. The average molecular weight is 479 g/mol. The zero-order valence-electron chi connectivity index (χ0n) is 18.4. The fourth-order valence-electron chi connectivity index (χ4n) is 3.73. The van der Waals surface area contributed by atoms with E-state index in [0.29, 0.717) is 27.1 Å². The minimum Gasteiger partial charge on any atom is -0.489 e. The number of aryl methyl sites for hydroxylation is 1. The Hall–Kier alpha value is -3.16. The van der Waals surface area contributed by atoms with Gasteiger partial charge >= 0.3 is 0 Å². The Bertz CT molecular complexity index is 1260. The summed E-state index contributed by atoms with van der Waals surface area (Å²) in [6, 6.07) is 16.3. The van der Waals surface area contributed by atoms with Crippen molar-refractivity contribution in [3.8, 4) is 11.4 Å². The third-order valence-corrected chi connectivity index (χ3v) is 6.77.